The van der Waals surface area contributed by atoms with Crippen molar-refractivity contribution in [3.05, 3.63) is 58.1 Å². The first-order valence-corrected chi connectivity index (χ1v) is 6.11. The predicted octanol–water partition coefficient (Wildman–Crippen LogP) is 3.55. The van der Waals surface area contributed by atoms with Gasteiger partial charge in [0.15, 0.2) is 0 Å². The molecule has 0 saturated carbocycles. The van der Waals surface area contributed by atoms with Gasteiger partial charge in [-0.15, -0.1) is 0 Å². The summed E-state index contributed by atoms with van der Waals surface area (Å²) in [4.78, 5) is 0. The highest BCUT2D eigenvalue weighted by Gasteiger charge is 2.28. The first-order valence-electron chi connectivity index (χ1n) is 5.31. The number of halogens is 1. The molecule has 0 amide bonds. The minimum Gasteiger partial charge on any atom is -0.395 e. The molecular formula is C14H11BrO. The standard InChI is InChI=1S/C14H11BrO/c15-13-7-3-6-11-12(8-16)9-4-1-2-5-10(9)14(11)13/h1-7,12,16H,8H2. The summed E-state index contributed by atoms with van der Waals surface area (Å²) in [5.74, 6) is 0.128. The molecule has 80 valence electrons. The van der Waals surface area contributed by atoms with Crippen molar-refractivity contribution in [2.75, 3.05) is 6.61 Å². The summed E-state index contributed by atoms with van der Waals surface area (Å²) in [6.07, 6.45) is 0. The van der Waals surface area contributed by atoms with Crippen LogP contribution in [0.15, 0.2) is 46.9 Å². The number of hydrogen-bond donors (Lipinski definition) is 1. The molecule has 0 bridgehead atoms. The first kappa shape index (κ1) is 10.1. The maximum atomic E-state index is 9.54. The van der Waals surface area contributed by atoms with Gasteiger partial charge in [-0.3, -0.25) is 0 Å². The summed E-state index contributed by atoms with van der Waals surface area (Å²) in [5.41, 5.74) is 4.92. The average molecular weight is 275 g/mol. The Hall–Kier alpha value is -1.12. The van der Waals surface area contributed by atoms with Gasteiger partial charge in [0.2, 0.25) is 0 Å². The van der Waals surface area contributed by atoms with Crippen molar-refractivity contribution >= 4 is 15.9 Å². The van der Waals surface area contributed by atoms with Crippen LogP contribution in [0.2, 0.25) is 0 Å². The van der Waals surface area contributed by atoms with E-state index in [2.05, 4.69) is 40.2 Å². The lowest BCUT2D eigenvalue weighted by Gasteiger charge is -2.09. The summed E-state index contributed by atoms with van der Waals surface area (Å²) < 4.78 is 1.10. The monoisotopic (exact) mass is 274 g/mol. The largest absolute Gasteiger partial charge is 0.395 e. The van der Waals surface area contributed by atoms with Crippen LogP contribution in [0.1, 0.15) is 17.0 Å². The molecule has 2 aromatic carbocycles. The van der Waals surface area contributed by atoms with E-state index in [1.165, 1.54) is 22.3 Å². The van der Waals surface area contributed by atoms with E-state index in [1.54, 1.807) is 0 Å². The van der Waals surface area contributed by atoms with Crippen LogP contribution >= 0.6 is 15.9 Å². The number of fused-ring (bicyclic) bond motifs is 3. The fraction of sp³-hybridized carbons (Fsp3) is 0.143. The molecule has 2 aromatic rings. The Kier molecular flexibility index (Phi) is 2.34. The molecule has 1 aliphatic rings. The lowest BCUT2D eigenvalue weighted by molar-refractivity contribution is 0.282. The molecule has 1 atom stereocenters. The highest BCUT2D eigenvalue weighted by atomic mass is 79.9. The molecule has 16 heavy (non-hydrogen) atoms. The molecule has 2 heteroatoms. The maximum Gasteiger partial charge on any atom is 0.0540 e. The smallest absolute Gasteiger partial charge is 0.0540 e. The molecule has 0 saturated heterocycles. The molecule has 3 rings (SSSR count). The second kappa shape index (κ2) is 3.72. The molecule has 0 fully saturated rings. The van der Waals surface area contributed by atoms with Crippen LogP contribution in [0.25, 0.3) is 11.1 Å². The zero-order chi connectivity index (χ0) is 11.1. The second-order valence-electron chi connectivity index (χ2n) is 4.03. The first-order chi connectivity index (χ1) is 7.83. The fourth-order valence-corrected chi connectivity index (χ4v) is 3.10. The van der Waals surface area contributed by atoms with Gasteiger partial charge < -0.3 is 5.11 Å². The topological polar surface area (TPSA) is 20.2 Å². The van der Waals surface area contributed by atoms with Gasteiger partial charge >= 0.3 is 0 Å². The Bertz CT molecular complexity index is 548. The molecule has 1 nitrogen and oxygen atoms in total. The van der Waals surface area contributed by atoms with Crippen LogP contribution < -0.4 is 0 Å². The average Bonchev–Trinajstić information content (AvgIpc) is 2.64. The number of rotatable bonds is 1. The minimum absolute atomic E-state index is 0.128. The van der Waals surface area contributed by atoms with Crippen LogP contribution in [-0.2, 0) is 0 Å². The number of hydrogen-bond acceptors (Lipinski definition) is 1. The summed E-state index contributed by atoms with van der Waals surface area (Å²) in [6, 6.07) is 14.5. The molecule has 0 radical (unpaired) electrons. The highest BCUT2D eigenvalue weighted by molar-refractivity contribution is 9.10. The van der Waals surface area contributed by atoms with Crippen molar-refractivity contribution in [2.45, 2.75) is 5.92 Å². The lowest BCUT2D eigenvalue weighted by atomic mass is 9.98. The van der Waals surface area contributed by atoms with Crippen molar-refractivity contribution < 1.29 is 5.11 Å². The minimum atomic E-state index is 0.128. The van der Waals surface area contributed by atoms with E-state index in [0.29, 0.717) is 0 Å². The zero-order valence-corrected chi connectivity index (χ0v) is 10.2. The van der Waals surface area contributed by atoms with Gasteiger partial charge in [0.25, 0.3) is 0 Å². The number of benzene rings is 2. The lowest BCUT2D eigenvalue weighted by Crippen LogP contribution is -2.01. The van der Waals surface area contributed by atoms with Crippen molar-refractivity contribution in [3.8, 4) is 11.1 Å². The van der Waals surface area contributed by atoms with Gasteiger partial charge in [-0.2, -0.15) is 0 Å². The van der Waals surface area contributed by atoms with E-state index in [1.807, 2.05) is 18.2 Å². The summed E-state index contributed by atoms with van der Waals surface area (Å²) >= 11 is 3.59. The summed E-state index contributed by atoms with van der Waals surface area (Å²) in [7, 11) is 0. The number of aliphatic hydroxyl groups excluding tert-OH is 1. The zero-order valence-electron chi connectivity index (χ0n) is 8.65. The van der Waals surface area contributed by atoms with E-state index in [9.17, 15) is 5.11 Å². The number of aliphatic hydroxyl groups is 1. The molecule has 0 aliphatic heterocycles. The molecule has 1 unspecified atom stereocenters. The van der Waals surface area contributed by atoms with Gasteiger partial charge in [-0.05, 0) is 22.8 Å². The third-order valence-corrected chi connectivity index (χ3v) is 3.87. The van der Waals surface area contributed by atoms with E-state index in [-0.39, 0.29) is 12.5 Å². The maximum absolute atomic E-state index is 9.54. The predicted molar refractivity (Wildman–Crippen MR) is 68.5 cm³/mol. The second-order valence-corrected chi connectivity index (χ2v) is 4.88. The van der Waals surface area contributed by atoms with Crippen molar-refractivity contribution in [1.82, 2.24) is 0 Å². The quantitative estimate of drug-likeness (QED) is 0.843. The van der Waals surface area contributed by atoms with Crippen molar-refractivity contribution in [2.24, 2.45) is 0 Å². The van der Waals surface area contributed by atoms with Crippen molar-refractivity contribution in [3.63, 3.8) is 0 Å². The molecular weight excluding hydrogens is 264 g/mol. The Balaban J connectivity index is 2.35. The molecule has 1 aliphatic carbocycles. The van der Waals surface area contributed by atoms with Crippen LogP contribution in [0.3, 0.4) is 0 Å². The Labute approximate surface area is 103 Å². The van der Waals surface area contributed by atoms with E-state index in [4.69, 9.17) is 0 Å². The van der Waals surface area contributed by atoms with Gasteiger partial charge in [0.1, 0.15) is 0 Å². The van der Waals surface area contributed by atoms with E-state index >= 15 is 0 Å². The molecule has 0 aromatic heterocycles. The van der Waals surface area contributed by atoms with Crippen LogP contribution in [0.5, 0.6) is 0 Å². The summed E-state index contributed by atoms with van der Waals surface area (Å²) in [5, 5.41) is 9.54. The third kappa shape index (κ3) is 1.27. The van der Waals surface area contributed by atoms with Crippen molar-refractivity contribution in [1.29, 1.82) is 0 Å². The van der Waals surface area contributed by atoms with Crippen LogP contribution in [-0.4, -0.2) is 11.7 Å². The SMILES string of the molecule is OCC1c2ccccc2-c2c(Br)cccc21. The molecule has 0 spiro atoms. The van der Waals surface area contributed by atoms with Gasteiger partial charge in [-0.1, -0.05) is 52.3 Å². The fourth-order valence-electron chi connectivity index (χ4n) is 2.51. The van der Waals surface area contributed by atoms with Crippen LogP contribution in [0.4, 0.5) is 0 Å². The Morgan fingerprint density at radius 3 is 2.56 bits per heavy atom. The van der Waals surface area contributed by atoms with E-state index in [0.717, 1.165) is 4.47 Å². The third-order valence-electron chi connectivity index (χ3n) is 3.21. The van der Waals surface area contributed by atoms with E-state index < -0.39 is 0 Å². The van der Waals surface area contributed by atoms with Gasteiger partial charge in [-0.25, -0.2) is 0 Å². The summed E-state index contributed by atoms with van der Waals surface area (Å²) in [6.45, 7) is 0.167. The van der Waals surface area contributed by atoms with Gasteiger partial charge in [0.05, 0.1) is 6.61 Å². The Morgan fingerprint density at radius 2 is 1.75 bits per heavy atom. The van der Waals surface area contributed by atoms with Gasteiger partial charge in [0, 0.05) is 16.0 Å². The molecule has 0 heterocycles. The van der Waals surface area contributed by atoms with Crippen LogP contribution in [0, 0.1) is 0 Å². The Morgan fingerprint density at radius 1 is 1.00 bits per heavy atom. The highest BCUT2D eigenvalue weighted by Crippen LogP contribution is 2.47. The molecule has 1 N–H and O–H groups in total. The normalized spacial score (nSPS) is 17.0.